The molecular formula is C11H6Cl2N2O2. The highest BCUT2D eigenvalue weighted by Gasteiger charge is 2.07. The molecule has 0 aliphatic heterocycles. The lowest BCUT2D eigenvalue weighted by Gasteiger charge is -2.02. The van der Waals surface area contributed by atoms with Gasteiger partial charge in [0, 0.05) is 5.56 Å². The van der Waals surface area contributed by atoms with Gasteiger partial charge in [-0.15, -0.1) is 10.2 Å². The minimum absolute atomic E-state index is 0.103. The summed E-state index contributed by atoms with van der Waals surface area (Å²) in [5, 5.41) is 16.9. The molecule has 4 nitrogen and oxygen atoms in total. The maximum Gasteiger partial charge on any atom is 0.356 e. The molecule has 0 amide bonds. The fraction of sp³-hybridized carbons (Fsp3) is 0. The molecule has 0 fully saturated rings. The van der Waals surface area contributed by atoms with E-state index in [-0.39, 0.29) is 5.69 Å². The zero-order valence-corrected chi connectivity index (χ0v) is 9.90. The lowest BCUT2D eigenvalue weighted by molar-refractivity contribution is 0.0689. The van der Waals surface area contributed by atoms with Crippen molar-refractivity contribution >= 4 is 29.2 Å². The first-order valence-corrected chi connectivity index (χ1v) is 5.36. The van der Waals surface area contributed by atoms with Gasteiger partial charge in [-0.1, -0.05) is 29.3 Å². The van der Waals surface area contributed by atoms with E-state index in [0.29, 0.717) is 15.7 Å². The number of aromatic nitrogens is 2. The number of benzene rings is 1. The summed E-state index contributed by atoms with van der Waals surface area (Å²) >= 11 is 11.7. The average molecular weight is 269 g/mol. The molecule has 0 radical (unpaired) electrons. The Morgan fingerprint density at radius 2 is 1.82 bits per heavy atom. The topological polar surface area (TPSA) is 63.1 Å². The van der Waals surface area contributed by atoms with Crippen molar-refractivity contribution in [3.05, 3.63) is 46.1 Å². The smallest absolute Gasteiger partial charge is 0.356 e. The van der Waals surface area contributed by atoms with Gasteiger partial charge in [0.05, 0.1) is 15.7 Å². The first kappa shape index (κ1) is 11.8. The van der Waals surface area contributed by atoms with Crippen molar-refractivity contribution < 1.29 is 9.90 Å². The summed E-state index contributed by atoms with van der Waals surface area (Å²) in [6.45, 7) is 0. The van der Waals surface area contributed by atoms with Crippen LogP contribution in [0.2, 0.25) is 10.0 Å². The van der Waals surface area contributed by atoms with Crippen LogP contribution in [-0.4, -0.2) is 21.3 Å². The van der Waals surface area contributed by atoms with E-state index in [2.05, 4.69) is 10.2 Å². The monoisotopic (exact) mass is 268 g/mol. The standard InChI is InChI=1S/C11H6Cl2N2O2/c12-7-2-1-6(5-8(7)13)9-3-4-10(11(16)17)15-14-9/h1-5H,(H,16,17). The van der Waals surface area contributed by atoms with E-state index in [1.54, 1.807) is 24.3 Å². The van der Waals surface area contributed by atoms with Crippen molar-refractivity contribution in [2.24, 2.45) is 0 Å². The van der Waals surface area contributed by atoms with E-state index < -0.39 is 5.97 Å². The van der Waals surface area contributed by atoms with Crippen LogP contribution in [0.4, 0.5) is 0 Å². The van der Waals surface area contributed by atoms with Crippen molar-refractivity contribution in [1.82, 2.24) is 10.2 Å². The van der Waals surface area contributed by atoms with Crippen LogP contribution < -0.4 is 0 Å². The van der Waals surface area contributed by atoms with Crippen molar-refractivity contribution in [3.63, 3.8) is 0 Å². The molecule has 86 valence electrons. The number of rotatable bonds is 2. The molecule has 0 saturated heterocycles. The van der Waals surface area contributed by atoms with E-state index in [1.807, 2.05) is 0 Å². The molecule has 0 bridgehead atoms. The molecule has 0 unspecified atom stereocenters. The molecule has 0 aliphatic carbocycles. The molecular weight excluding hydrogens is 263 g/mol. The van der Waals surface area contributed by atoms with Crippen LogP contribution >= 0.6 is 23.2 Å². The zero-order valence-electron chi connectivity index (χ0n) is 8.39. The summed E-state index contributed by atoms with van der Waals surface area (Å²) in [4.78, 5) is 10.6. The van der Waals surface area contributed by atoms with Crippen LogP contribution in [0.3, 0.4) is 0 Å². The molecule has 1 aromatic heterocycles. The highest BCUT2D eigenvalue weighted by molar-refractivity contribution is 6.42. The van der Waals surface area contributed by atoms with E-state index >= 15 is 0 Å². The molecule has 0 atom stereocenters. The van der Waals surface area contributed by atoms with Crippen LogP contribution in [0.1, 0.15) is 10.5 Å². The molecule has 1 aromatic carbocycles. The molecule has 0 spiro atoms. The van der Waals surface area contributed by atoms with E-state index in [4.69, 9.17) is 28.3 Å². The van der Waals surface area contributed by atoms with Crippen LogP contribution in [0.25, 0.3) is 11.3 Å². The van der Waals surface area contributed by atoms with Crippen LogP contribution in [0.5, 0.6) is 0 Å². The molecule has 1 heterocycles. The summed E-state index contributed by atoms with van der Waals surface area (Å²) in [6.07, 6.45) is 0. The number of hydrogen-bond acceptors (Lipinski definition) is 3. The fourth-order valence-corrected chi connectivity index (χ4v) is 1.55. The van der Waals surface area contributed by atoms with Gasteiger partial charge >= 0.3 is 5.97 Å². The summed E-state index contributed by atoms with van der Waals surface area (Å²) in [5.41, 5.74) is 1.16. The molecule has 0 aliphatic rings. The zero-order chi connectivity index (χ0) is 12.4. The third kappa shape index (κ3) is 2.54. The SMILES string of the molecule is O=C(O)c1ccc(-c2ccc(Cl)c(Cl)c2)nn1. The van der Waals surface area contributed by atoms with Gasteiger partial charge in [-0.05, 0) is 24.3 Å². The highest BCUT2D eigenvalue weighted by Crippen LogP contribution is 2.27. The van der Waals surface area contributed by atoms with Crippen molar-refractivity contribution in [3.8, 4) is 11.3 Å². The van der Waals surface area contributed by atoms with Crippen LogP contribution in [0, 0.1) is 0 Å². The summed E-state index contributed by atoms with van der Waals surface area (Å²) in [6, 6.07) is 7.97. The molecule has 2 aromatic rings. The van der Waals surface area contributed by atoms with Gasteiger partial charge in [-0.25, -0.2) is 4.79 Å². The minimum atomic E-state index is -1.11. The number of hydrogen-bond donors (Lipinski definition) is 1. The van der Waals surface area contributed by atoms with E-state index in [9.17, 15) is 4.79 Å². The number of carbonyl (C=O) groups is 1. The Balaban J connectivity index is 2.39. The summed E-state index contributed by atoms with van der Waals surface area (Å²) < 4.78 is 0. The molecule has 2 rings (SSSR count). The quantitative estimate of drug-likeness (QED) is 0.909. The number of nitrogens with zero attached hydrogens (tertiary/aromatic N) is 2. The minimum Gasteiger partial charge on any atom is -0.476 e. The number of halogens is 2. The Morgan fingerprint density at radius 1 is 1.06 bits per heavy atom. The Bertz CT molecular complexity index is 570. The Labute approximate surface area is 107 Å². The van der Waals surface area contributed by atoms with Gasteiger partial charge in [0.1, 0.15) is 0 Å². The van der Waals surface area contributed by atoms with Crippen molar-refractivity contribution in [1.29, 1.82) is 0 Å². The average Bonchev–Trinajstić information content (AvgIpc) is 2.33. The van der Waals surface area contributed by atoms with E-state index in [1.165, 1.54) is 6.07 Å². The third-order valence-corrected chi connectivity index (χ3v) is 2.84. The van der Waals surface area contributed by atoms with Crippen molar-refractivity contribution in [2.75, 3.05) is 0 Å². The first-order valence-electron chi connectivity index (χ1n) is 4.60. The predicted octanol–water partition coefficient (Wildman–Crippen LogP) is 3.15. The lowest BCUT2D eigenvalue weighted by atomic mass is 10.1. The normalized spacial score (nSPS) is 10.2. The highest BCUT2D eigenvalue weighted by atomic mass is 35.5. The maximum absolute atomic E-state index is 10.6. The lowest BCUT2D eigenvalue weighted by Crippen LogP contribution is -2.01. The Hall–Kier alpha value is -1.65. The molecule has 1 N–H and O–H groups in total. The van der Waals surface area contributed by atoms with Gasteiger partial charge < -0.3 is 5.11 Å². The molecule has 6 heteroatoms. The molecule has 0 saturated carbocycles. The number of carboxylic acid groups (broad SMARTS) is 1. The van der Waals surface area contributed by atoms with E-state index in [0.717, 1.165) is 5.56 Å². The fourth-order valence-electron chi connectivity index (χ4n) is 1.26. The number of aromatic carboxylic acids is 1. The maximum atomic E-state index is 10.6. The first-order chi connectivity index (χ1) is 8.08. The Morgan fingerprint density at radius 3 is 2.35 bits per heavy atom. The predicted molar refractivity (Wildman–Crippen MR) is 64.4 cm³/mol. The molecule has 17 heavy (non-hydrogen) atoms. The van der Waals surface area contributed by atoms with Gasteiger partial charge in [0.25, 0.3) is 0 Å². The van der Waals surface area contributed by atoms with Crippen LogP contribution in [0.15, 0.2) is 30.3 Å². The van der Waals surface area contributed by atoms with Crippen LogP contribution in [-0.2, 0) is 0 Å². The second kappa shape index (κ2) is 4.69. The second-order valence-electron chi connectivity index (χ2n) is 3.24. The van der Waals surface area contributed by atoms with Gasteiger partial charge in [0.2, 0.25) is 0 Å². The van der Waals surface area contributed by atoms with Gasteiger partial charge in [-0.2, -0.15) is 0 Å². The second-order valence-corrected chi connectivity index (χ2v) is 4.05. The van der Waals surface area contributed by atoms with Gasteiger partial charge in [-0.3, -0.25) is 0 Å². The van der Waals surface area contributed by atoms with Gasteiger partial charge in [0.15, 0.2) is 5.69 Å². The number of carboxylic acids is 1. The largest absolute Gasteiger partial charge is 0.476 e. The summed E-state index contributed by atoms with van der Waals surface area (Å²) in [5.74, 6) is -1.11. The Kier molecular flexibility index (Phi) is 3.26. The summed E-state index contributed by atoms with van der Waals surface area (Å²) in [7, 11) is 0. The van der Waals surface area contributed by atoms with Crippen molar-refractivity contribution in [2.45, 2.75) is 0 Å². The third-order valence-electron chi connectivity index (χ3n) is 2.10.